The number of nitrogens with zero attached hydrogens (tertiary/aromatic N) is 1. The fraction of sp³-hybridized carbons (Fsp3) is 0.586. The largest absolute Gasteiger partial charge is 0.444 e. The summed E-state index contributed by atoms with van der Waals surface area (Å²) in [4.78, 5) is 53.6. The lowest BCUT2D eigenvalue weighted by molar-refractivity contribution is -0.147. The summed E-state index contributed by atoms with van der Waals surface area (Å²) < 4.78 is 5.37. The number of primary amides is 1. The number of benzene rings is 1. The van der Waals surface area contributed by atoms with Crippen LogP contribution >= 0.6 is 0 Å². The Balaban J connectivity index is 2.50. The second-order valence-electron chi connectivity index (χ2n) is 10.7. The highest BCUT2D eigenvalue weighted by Crippen LogP contribution is 2.35. The molecule has 4 N–H and O–H groups in total. The standard InChI is InChI=1S/C29H42N4O5/c1-6-8-11-19-31-26(35)25(22-16-10-9-13-20(22)7-2)33(21-14-12-15-21)27(36)23(17-18-24(30)34)32-28(37)38-29(3,4)5/h2,9-10,13,16,21,23,25H,6,8,11-12,14-15,17-19H2,1,3-5H3,(H2,30,34)(H,31,35)(H,32,37). The van der Waals surface area contributed by atoms with Gasteiger partial charge in [0.1, 0.15) is 17.7 Å². The second-order valence-corrected chi connectivity index (χ2v) is 10.7. The number of hydrogen-bond donors (Lipinski definition) is 3. The summed E-state index contributed by atoms with van der Waals surface area (Å²) in [5, 5.41) is 5.59. The number of hydrogen-bond acceptors (Lipinski definition) is 5. The van der Waals surface area contributed by atoms with Crippen LogP contribution in [0.2, 0.25) is 0 Å². The highest BCUT2D eigenvalue weighted by Gasteiger charge is 2.42. The van der Waals surface area contributed by atoms with Gasteiger partial charge in [-0.25, -0.2) is 4.79 Å². The molecular weight excluding hydrogens is 484 g/mol. The van der Waals surface area contributed by atoms with Crippen LogP contribution in [-0.2, 0) is 19.1 Å². The minimum Gasteiger partial charge on any atom is -0.444 e. The van der Waals surface area contributed by atoms with Crippen molar-refractivity contribution in [2.45, 2.75) is 103 Å². The maximum Gasteiger partial charge on any atom is 0.408 e. The smallest absolute Gasteiger partial charge is 0.408 e. The lowest BCUT2D eigenvalue weighted by Gasteiger charge is -2.43. The van der Waals surface area contributed by atoms with Crippen molar-refractivity contribution in [2.24, 2.45) is 5.73 Å². The third-order valence-electron chi connectivity index (χ3n) is 6.41. The highest BCUT2D eigenvalue weighted by molar-refractivity contribution is 5.93. The van der Waals surface area contributed by atoms with E-state index in [1.807, 2.05) is 0 Å². The van der Waals surface area contributed by atoms with Crippen LogP contribution in [0, 0.1) is 12.3 Å². The van der Waals surface area contributed by atoms with Crippen molar-refractivity contribution < 1.29 is 23.9 Å². The third kappa shape index (κ3) is 9.09. The summed E-state index contributed by atoms with van der Waals surface area (Å²) in [7, 11) is 0. The van der Waals surface area contributed by atoms with Crippen LogP contribution in [0.1, 0.15) is 96.2 Å². The molecule has 9 nitrogen and oxygen atoms in total. The van der Waals surface area contributed by atoms with E-state index in [1.165, 1.54) is 4.90 Å². The molecule has 0 spiro atoms. The second kappa shape index (κ2) is 14.4. The van der Waals surface area contributed by atoms with E-state index in [4.69, 9.17) is 16.9 Å². The summed E-state index contributed by atoms with van der Waals surface area (Å²) in [6.45, 7) is 7.68. The van der Waals surface area contributed by atoms with Gasteiger partial charge in [-0.05, 0) is 64.5 Å². The van der Waals surface area contributed by atoms with Gasteiger partial charge in [0.15, 0.2) is 0 Å². The van der Waals surface area contributed by atoms with Crippen LogP contribution < -0.4 is 16.4 Å². The first-order valence-electron chi connectivity index (χ1n) is 13.4. The predicted octanol–water partition coefficient (Wildman–Crippen LogP) is 3.56. The highest BCUT2D eigenvalue weighted by atomic mass is 16.6. The quantitative estimate of drug-likeness (QED) is 0.267. The monoisotopic (exact) mass is 526 g/mol. The van der Waals surface area contributed by atoms with E-state index in [2.05, 4.69) is 23.5 Å². The van der Waals surface area contributed by atoms with Crippen molar-refractivity contribution in [1.29, 1.82) is 0 Å². The zero-order chi connectivity index (χ0) is 28.3. The summed E-state index contributed by atoms with van der Waals surface area (Å²) in [6, 6.07) is 4.70. The minimum absolute atomic E-state index is 0.0295. The summed E-state index contributed by atoms with van der Waals surface area (Å²) >= 11 is 0. The molecule has 2 unspecified atom stereocenters. The van der Waals surface area contributed by atoms with Crippen molar-refractivity contribution in [2.75, 3.05) is 6.54 Å². The molecule has 38 heavy (non-hydrogen) atoms. The van der Waals surface area contributed by atoms with E-state index < -0.39 is 35.6 Å². The Morgan fingerprint density at radius 2 is 1.87 bits per heavy atom. The van der Waals surface area contributed by atoms with Gasteiger partial charge >= 0.3 is 6.09 Å². The van der Waals surface area contributed by atoms with Crippen LogP contribution in [0.3, 0.4) is 0 Å². The molecule has 0 saturated heterocycles. The minimum atomic E-state index is -1.12. The van der Waals surface area contributed by atoms with E-state index >= 15 is 0 Å². The lowest BCUT2D eigenvalue weighted by atomic mass is 9.87. The SMILES string of the molecule is C#Cc1ccccc1C(C(=O)NCCCCC)N(C(=O)C(CCC(N)=O)NC(=O)OC(C)(C)C)C1CCC1. The Labute approximate surface area is 226 Å². The van der Waals surface area contributed by atoms with E-state index in [0.717, 1.165) is 25.7 Å². The van der Waals surface area contributed by atoms with Crippen LogP contribution in [0.15, 0.2) is 24.3 Å². The average molecular weight is 527 g/mol. The number of nitrogens with two attached hydrogens (primary N) is 1. The molecule has 1 saturated carbocycles. The summed E-state index contributed by atoms with van der Waals surface area (Å²) in [5.41, 5.74) is 5.62. The Hall–Kier alpha value is -3.54. The third-order valence-corrected chi connectivity index (χ3v) is 6.41. The maximum atomic E-state index is 14.2. The number of terminal acetylenes is 1. The van der Waals surface area contributed by atoms with Gasteiger partial charge in [0.25, 0.3) is 0 Å². The molecule has 0 aromatic heterocycles. The number of carbonyl (C=O) groups excluding carboxylic acids is 4. The lowest BCUT2D eigenvalue weighted by Crippen LogP contribution is -2.57. The first-order chi connectivity index (χ1) is 18.0. The van der Waals surface area contributed by atoms with E-state index in [9.17, 15) is 19.2 Å². The number of ether oxygens (including phenoxy) is 1. The zero-order valence-electron chi connectivity index (χ0n) is 23.0. The van der Waals surface area contributed by atoms with Gasteiger partial charge in [-0.3, -0.25) is 14.4 Å². The molecule has 9 heteroatoms. The van der Waals surface area contributed by atoms with Crippen molar-refractivity contribution in [1.82, 2.24) is 15.5 Å². The molecule has 0 aliphatic heterocycles. The molecule has 0 radical (unpaired) electrons. The molecule has 0 heterocycles. The fourth-order valence-corrected chi connectivity index (χ4v) is 4.32. The Morgan fingerprint density at radius 1 is 1.18 bits per heavy atom. The van der Waals surface area contributed by atoms with Crippen molar-refractivity contribution >= 4 is 23.8 Å². The average Bonchev–Trinajstić information content (AvgIpc) is 2.81. The van der Waals surface area contributed by atoms with Gasteiger partial charge in [-0.2, -0.15) is 0 Å². The van der Waals surface area contributed by atoms with Crippen molar-refractivity contribution in [3.05, 3.63) is 35.4 Å². The molecular formula is C29H42N4O5. The molecule has 0 bridgehead atoms. The summed E-state index contributed by atoms with van der Waals surface area (Å²) in [6.07, 6.45) is 9.93. The van der Waals surface area contributed by atoms with Gasteiger partial charge in [0, 0.05) is 24.6 Å². The number of rotatable bonds is 13. The molecule has 1 aromatic carbocycles. The molecule has 1 aliphatic rings. The molecule has 1 aliphatic carbocycles. The first-order valence-corrected chi connectivity index (χ1v) is 13.4. The van der Waals surface area contributed by atoms with Gasteiger partial charge in [-0.1, -0.05) is 43.9 Å². The number of unbranched alkanes of at least 4 members (excludes halogenated alkanes) is 2. The van der Waals surface area contributed by atoms with Crippen LogP contribution in [-0.4, -0.2) is 52.9 Å². The van der Waals surface area contributed by atoms with Gasteiger partial charge in [0.2, 0.25) is 17.7 Å². The molecule has 208 valence electrons. The zero-order valence-corrected chi connectivity index (χ0v) is 23.0. The van der Waals surface area contributed by atoms with Gasteiger partial charge in [0.05, 0.1) is 0 Å². The normalized spacial score (nSPS) is 14.8. The van der Waals surface area contributed by atoms with Crippen LogP contribution in [0.25, 0.3) is 0 Å². The Kier molecular flexibility index (Phi) is 11.6. The maximum absolute atomic E-state index is 14.2. The molecule has 1 aromatic rings. The van der Waals surface area contributed by atoms with Crippen LogP contribution in [0.4, 0.5) is 4.79 Å². The van der Waals surface area contributed by atoms with Crippen molar-refractivity contribution in [3.8, 4) is 12.3 Å². The predicted molar refractivity (Wildman–Crippen MR) is 146 cm³/mol. The molecule has 4 amide bonds. The number of alkyl carbamates (subject to hydrolysis) is 1. The van der Waals surface area contributed by atoms with Gasteiger partial charge in [-0.15, -0.1) is 6.42 Å². The summed E-state index contributed by atoms with van der Waals surface area (Å²) in [5.74, 6) is 1.21. The van der Waals surface area contributed by atoms with E-state index in [-0.39, 0.29) is 24.8 Å². The Bertz CT molecular complexity index is 1020. The first kappa shape index (κ1) is 30.7. The number of nitrogens with one attached hydrogen (secondary N) is 2. The fourth-order valence-electron chi connectivity index (χ4n) is 4.32. The molecule has 2 rings (SSSR count). The Morgan fingerprint density at radius 3 is 2.42 bits per heavy atom. The molecule has 2 atom stereocenters. The van der Waals surface area contributed by atoms with Crippen LogP contribution in [0.5, 0.6) is 0 Å². The van der Waals surface area contributed by atoms with E-state index in [0.29, 0.717) is 30.5 Å². The van der Waals surface area contributed by atoms with Gasteiger partial charge < -0.3 is 26.0 Å². The topological polar surface area (TPSA) is 131 Å². The van der Waals surface area contributed by atoms with Crippen molar-refractivity contribution in [3.63, 3.8) is 0 Å². The number of amides is 4. The van der Waals surface area contributed by atoms with E-state index in [1.54, 1.807) is 45.0 Å². The number of carbonyl (C=O) groups is 4. The molecule has 1 fully saturated rings.